The molecule has 2 fully saturated rings. The zero-order valence-corrected chi connectivity index (χ0v) is 16.0. The van der Waals surface area contributed by atoms with Crippen molar-refractivity contribution in [2.24, 2.45) is 17.6 Å². The van der Waals surface area contributed by atoms with E-state index < -0.39 is 0 Å². The molecule has 146 valence electrons. The molecule has 1 aromatic carbocycles. The lowest BCUT2D eigenvalue weighted by Gasteiger charge is -2.41. The predicted molar refractivity (Wildman–Crippen MR) is 103 cm³/mol. The molecular weight excluding hydrogens is 342 g/mol. The first kappa shape index (κ1) is 19.4. The number of primary amides is 1. The molecule has 2 aliphatic heterocycles. The molecule has 0 aromatic heterocycles. The summed E-state index contributed by atoms with van der Waals surface area (Å²) in [6.07, 6.45) is 3.53. The van der Waals surface area contributed by atoms with Crippen LogP contribution in [0.4, 0.5) is 0 Å². The van der Waals surface area contributed by atoms with Crippen molar-refractivity contribution >= 4 is 17.7 Å². The van der Waals surface area contributed by atoms with Gasteiger partial charge in [0.2, 0.25) is 17.7 Å². The van der Waals surface area contributed by atoms with Crippen molar-refractivity contribution in [1.29, 1.82) is 0 Å². The van der Waals surface area contributed by atoms with Crippen molar-refractivity contribution in [3.63, 3.8) is 0 Å². The first-order chi connectivity index (χ1) is 13.0. The summed E-state index contributed by atoms with van der Waals surface area (Å²) in [5, 5.41) is 0. The van der Waals surface area contributed by atoms with Gasteiger partial charge in [-0.2, -0.15) is 0 Å². The Morgan fingerprint density at radius 2 is 1.78 bits per heavy atom. The summed E-state index contributed by atoms with van der Waals surface area (Å²) in [5.74, 6) is -0.647. The van der Waals surface area contributed by atoms with Gasteiger partial charge in [-0.05, 0) is 38.2 Å². The first-order valence-corrected chi connectivity index (χ1v) is 9.87. The van der Waals surface area contributed by atoms with Gasteiger partial charge in [-0.3, -0.25) is 14.4 Å². The molecule has 3 rings (SSSR count). The van der Waals surface area contributed by atoms with Gasteiger partial charge in [0.15, 0.2) is 0 Å². The van der Waals surface area contributed by atoms with Crippen LogP contribution in [0, 0.1) is 11.8 Å². The minimum Gasteiger partial charge on any atom is -0.369 e. The van der Waals surface area contributed by atoms with Crippen LogP contribution in [0.1, 0.15) is 38.2 Å². The standard InChI is InChI=1S/C21H29N3O3/c1-15-9-10-17(20(22)26)14-24(15)21(27)18-8-5-11-23(13-18)19(25)12-16-6-3-2-4-7-16/h2-4,6-7,15,17-18H,5,8-14H2,1H3,(H2,22,26). The number of hydrogen-bond donors (Lipinski definition) is 1. The minimum atomic E-state index is -0.331. The van der Waals surface area contributed by atoms with Crippen molar-refractivity contribution in [3.05, 3.63) is 35.9 Å². The maximum absolute atomic E-state index is 13.1. The molecule has 0 saturated carbocycles. The molecule has 0 bridgehead atoms. The number of carbonyl (C=O) groups excluding carboxylic acids is 3. The highest BCUT2D eigenvalue weighted by atomic mass is 16.2. The molecular formula is C21H29N3O3. The van der Waals surface area contributed by atoms with Crippen LogP contribution in [-0.2, 0) is 20.8 Å². The number of carbonyl (C=O) groups is 3. The summed E-state index contributed by atoms with van der Waals surface area (Å²) in [6, 6.07) is 9.80. The van der Waals surface area contributed by atoms with Gasteiger partial charge in [0.25, 0.3) is 0 Å². The Hall–Kier alpha value is -2.37. The molecule has 2 aliphatic rings. The summed E-state index contributed by atoms with van der Waals surface area (Å²) in [6.45, 7) is 3.60. The van der Waals surface area contributed by atoms with Gasteiger partial charge in [0, 0.05) is 25.7 Å². The second kappa shape index (κ2) is 8.55. The Labute approximate surface area is 160 Å². The summed E-state index contributed by atoms with van der Waals surface area (Å²) < 4.78 is 0. The fraction of sp³-hybridized carbons (Fsp3) is 0.571. The number of hydrogen-bond acceptors (Lipinski definition) is 3. The molecule has 3 atom stereocenters. The quantitative estimate of drug-likeness (QED) is 0.872. The third-order valence-electron chi connectivity index (χ3n) is 5.89. The van der Waals surface area contributed by atoms with Crippen LogP contribution in [-0.4, -0.2) is 53.2 Å². The third-order valence-corrected chi connectivity index (χ3v) is 5.89. The van der Waals surface area contributed by atoms with Gasteiger partial charge in [-0.15, -0.1) is 0 Å². The van der Waals surface area contributed by atoms with Gasteiger partial charge in [0.1, 0.15) is 0 Å². The lowest BCUT2D eigenvalue weighted by Crippen LogP contribution is -2.53. The Kier molecular flexibility index (Phi) is 6.14. The van der Waals surface area contributed by atoms with Crippen molar-refractivity contribution in [1.82, 2.24) is 9.80 Å². The molecule has 0 spiro atoms. The highest BCUT2D eigenvalue weighted by molar-refractivity contribution is 5.84. The van der Waals surface area contributed by atoms with Gasteiger partial charge in [0.05, 0.1) is 18.3 Å². The number of rotatable bonds is 4. The molecule has 3 amide bonds. The number of nitrogens with zero attached hydrogens (tertiary/aromatic N) is 2. The average molecular weight is 371 g/mol. The van der Waals surface area contributed by atoms with Crippen molar-refractivity contribution in [2.45, 2.75) is 45.1 Å². The molecule has 1 aromatic rings. The second-order valence-corrected chi connectivity index (χ2v) is 7.86. The first-order valence-electron chi connectivity index (χ1n) is 9.87. The molecule has 2 N–H and O–H groups in total. The smallest absolute Gasteiger partial charge is 0.227 e. The summed E-state index contributed by atoms with van der Waals surface area (Å²) in [4.78, 5) is 40.9. The fourth-order valence-electron chi connectivity index (χ4n) is 4.17. The number of piperidine rings is 2. The largest absolute Gasteiger partial charge is 0.369 e. The Balaban J connectivity index is 1.62. The van der Waals surface area contributed by atoms with E-state index in [0.717, 1.165) is 31.2 Å². The SMILES string of the molecule is CC1CCC(C(N)=O)CN1C(=O)C1CCCN(C(=O)Cc2ccccc2)C1. The molecule has 3 unspecified atom stereocenters. The second-order valence-electron chi connectivity index (χ2n) is 7.86. The minimum absolute atomic E-state index is 0.0608. The van der Waals surface area contributed by atoms with E-state index in [1.807, 2.05) is 47.1 Å². The van der Waals surface area contributed by atoms with Crippen LogP contribution < -0.4 is 5.73 Å². The Morgan fingerprint density at radius 3 is 2.48 bits per heavy atom. The van der Waals surface area contributed by atoms with Crippen molar-refractivity contribution in [2.75, 3.05) is 19.6 Å². The number of likely N-dealkylation sites (tertiary alicyclic amines) is 2. The van der Waals surface area contributed by atoms with Crippen LogP contribution in [0.3, 0.4) is 0 Å². The molecule has 0 radical (unpaired) electrons. The van der Waals surface area contributed by atoms with Crippen molar-refractivity contribution < 1.29 is 14.4 Å². The molecule has 2 heterocycles. The third kappa shape index (κ3) is 4.67. The molecule has 6 heteroatoms. The summed E-state index contributed by atoms with van der Waals surface area (Å²) >= 11 is 0. The zero-order chi connectivity index (χ0) is 19.4. The van der Waals surface area contributed by atoms with Crippen LogP contribution in [0.15, 0.2) is 30.3 Å². The lowest BCUT2D eigenvalue weighted by atomic mass is 9.89. The van der Waals surface area contributed by atoms with Gasteiger partial charge >= 0.3 is 0 Å². The Bertz CT molecular complexity index is 691. The van der Waals surface area contributed by atoms with Crippen molar-refractivity contribution in [3.8, 4) is 0 Å². The van der Waals surface area contributed by atoms with Gasteiger partial charge in [-0.1, -0.05) is 30.3 Å². The topological polar surface area (TPSA) is 83.7 Å². The lowest BCUT2D eigenvalue weighted by molar-refractivity contribution is -0.145. The zero-order valence-electron chi connectivity index (χ0n) is 16.0. The molecule has 0 aliphatic carbocycles. The van der Waals surface area contributed by atoms with E-state index in [1.165, 1.54) is 0 Å². The van der Waals surface area contributed by atoms with E-state index in [1.54, 1.807) is 0 Å². The monoisotopic (exact) mass is 371 g/mol. The Morgan fingerprint density at radius 1 is 1.04 bits per heavy atom. The van der Waals surface area contributed by atoms with E-state index in [4.69, 9.17) is 5.73 Å². The fourth-order valence-corrected chi connectivity index (χ4v) is 4.17. The number of benzene rings is 1. The summed E-state index contributed by atoms with van der Waals surface area (Å²) in [5.41, 5.74) is 6.45. The van der Waals surface area contributed by atoms with E-state index in [2.05, 4.69) is 0 Å². The predicted octanol–water partition coefficient (Wildman–Crippen LogP) is 1.58. The van der Waals surface area contributed by atoms with Gasteiger partial charge < -0.3 is 15.5 Å². The molecule has 2 saturated heterocycles. The average Bonchev–Trinajstić information content (AvgIpc) is 2.68. The summed E-state index contributed by atoms with van der Waals surface area (Å²) in [7, 11) is 0. The van der Waals surface area contributed by atoms with E-state index >= 15 is 0 Å². The van der Waals surface area contributed by atoms with Crippen LogP contribution in [0.2, 0.25) is 0 Å². The molecule has 6 nitrogen and oxygen atoms in total. The van der Waals surface area contributed by atoms with Gasteiger partial charge in [-0.25, -0.2) is 0 Å². The van der Waals surface area contributed by atoms with Crippen LogP contribution in [0.5, 0.6) is 0 Å². The maximum Gasteiger partial charge on any atom is 0.227 e. The highest BCUT2D eigenvalue weighted by Gasteiger charge is 2.37. The van der Waals surface area contributed by atoms with E-state index in [0.29, 0.717) is 26.1 Å². The van der Waals surface area contributed by atoms with E-state index in [-0.39, 0.29) is 35.6 Å². The maximum atomic E-state index is 13.1. The van der Waals surface area contributed by atoms with Crippen LogP contribution in [0.25, 0.3) is 0 Å². The number of amides is 3. The normalized spacial score (nSPS) is 25.9. The number of nitrogens with two attached hydrogens (primary N) is 1. The van der Waals surface area contributed by atoms with E-state index in [9.17, 15) is 14.4 Å². The highest BCUT2D eigenvalue weighted by Crippen LogP contribution is 2.26. The van der Waals surface area contributed by atoms with Crippen LogP contribution >= 0.6 is 0 Å². The molecule has 27 heavy (non-hydrogen) atoms.